The molecule has 0 aromatic rings. The molecule has 8 nitrogen and oxygen atoms in total. The zero-order valence-corrected chi connectivity index (χ0v) is 9.97. The lowest BCUT2D eigenvalue weighted by Gasteiger charge is -2.01. The van der Waals surface area contributed by atoms with Crippen molar-refractivity contribution in [2.24, 2.45) is 17.2 Å². The molecule has 0 aromatic carbocycles. The Hall–Kier alpha value is -1.32. The molecule has 2 unspecified atom stereocenters. The summed E-state index contributed by atoms with van der Waals surface area (Å²) >= 11 is 3.65. The van der Waals surface area contributed by atoms with Crippen LogP contribution in [0.5, 0.6) is 0 Å². The highest BCUT2D eigenvalue weighted by molar-refractivity contribution is 7.80. The molecule has 0 aromatic heterocycles. The summed E-state index contributed by atoms with van der Waals surface area (Å²) in [5, 5.41) is 16.2. The van der Waals surface area contributed by atoms with Gasteiger partial charge in [-0.15, -0.1) is 0 Å². The first-order valence-corrected chi connectivity index (χ1v) is 5.21. The lowest BCUT2D eigenvalue weighted by atomic mass is 10.2. The predicted octanol–water partition coefficient (Wildman–Crippen LogP) is -2.01. The first-order chi connectivity index (χ1) is 7.72. The van der Waals surface area contributed by atoms with Crippen LogP contribution in [0.3, 0.4) is 0 Å². The molecule has 0 aliphatic heterocycles. The largest absolute Gasteiger partial charge is 0.480 e. The van der Waals surface area contributed by atoms with Crippen molar-refractivity contribution < 1.29 is 24.6 Å². The molecule has 0 fully saturated rings. The number of aliphatic carboxylic acids is 2. The quantitative estimate of drug-likeness (QED) is 0.302. The van der Waals surface area contributed by atoms with Crippen molar-refractivity contribution in [2.45, 2.75) is 24.9 Å². The molecular formula is C8H17N3O5S. The minimum atomic E-state index is -1.11. The molecule has 2 atom stereocenters. The van der Waals surface area contributed by atoms with Crippen molar-refractivity contribution in [3.05, 3.63) is 0 Å². The summed E-state index contributed by atoms with van der Waals surface area (Å²) in [6.07, 6.45) is 0.123. The molecule has 8 N–H and O–H groups in total. The minimum absolute atomic E-state index is 0.0213. The summed E-state index contributed by atoms with van der Waals surface area (Å²) in [5.74, 6) is -2.46. The van der Waals surface area contributed by atoms with Gasteiger partial charge in [0.15, 0.2) is 0 Å². The number of rotatable bonds is 6. The van der Waals surface area contributed by atoms with E-state index in [2.05, 4.69) is 12.6 Å². The van der Waals surface area contributed by atoms with Crippen molar-refractivity contribution in [2.75, 3.05) is 5.75 Å². The summed E-state index contributed by atoms with van der Waals surface area (Å²) in [6, 6.07) is -1.80. The number of carboxylic acid groups (broad SMARTS) is 2. The summed E-state index contributed by atoms with van der Waals surface area (Å²) in [6.45, 7) is 0. The molecule has 0 aliphatic carbocycles. The van der Waals surface area contributed by atoms with E-state index < -0.39 is 29.9 Å². The number of thiol groups is 1. The number of carbonyl (C=O) groups is 3. The Bertz CT molecular complexity index is 274. The smallest absolute Gasteiger partial charge is 0.321 e. The van der Waals surface area contributed by atoms with Crippen LogP contribution in [0.15, 0.2) is 0 Å². The lowest BCUT2D eigenvalue weighted by Crippen LogP contribution is -2.31. The van der Waals surface area contributed by atoms with Crippen molar-refractivity contribution in [3.63, 3.8) is 0 Å². The number of nitrogens with two attached hydrogens (primary N) is 3. The monoisotopic (exact) mass is 267 g/mol. The van der Waals surface area contributed by atoms with E-state index in [0.717, 1.165) is 0 Å². The molecule has 1 amide bonds. The molecule has 0 bridgehead atoms. The van der Waals surface area contributed by atoms with Gasteiger partial charge in [-0.1, -0.05) is 0 Å². The average Bonchev–Trinajstić information content (AvgIpc) is 2.24. The number of carboxylic acids is 2. The third kappa shape index (κ3) is 12.6. The van der Waals surface area contributed by atoms with Crippen LogP contribution in [0.2, 0.25) is 0 Å². The zero-order chi connectivity index (χ0) is 14.0. The Balaban J connectivity index is 0. The SMILES string of the molecule is NC(=O)CCC(N)C(=O)O.NC(CS)C(=O)O. The number of amides is 1. The Morgan fingerprint density at radius 3 is 1.65 bits per heavy atom. The van der Waals surface area contributed by atoms with Gasteiger partial charge in [-0.3, -0.25) is 14.4 Å². The maximum Gasteiger partial charge on any atom is 0.321 e. The number of primary amides is 1. The van der Waals surface area contributed by atoms with Gasteiger partial charge in [-0.2, -0.15) is 12.6 Å². The van der Waals surface area contributed by atoms with Crippen LogP contribution < -0.4 is 17.2 Å². The van der Waals surface area contributed by atoms with E-state index in [0.29, 0.717) is 0 Å². The Morgan fingerprint density at radius 2 is 1.47 bits per heavy atom. The molecule has 9 heteroatoms. The summed E-state index contributed by atoms with van der Waals surface area (Å²) < 4.78 is 0. The highest BCUT2D eigenvalue weighted by atomic mass is 32.1. The summed E-state index contributed by atoms with van der Waals surface area (Å²) in [5.41, 5.74) is 14.8. The normalized spacial score (nSPS) is 12.9. The second-order valence-electron chi connectivity index (χ2n) is 3.08. The molecule has 0 spiro atoms. The molecule has 0 radical (unpaired) electrons. The van der Waals surface area contributed by atoms with Crippen LogP contribution in [-0.2, 0) is 14.4 Å². The van der Waals surface area contributed by atoms with E-state index >= 15 is 0 Å². The third-order valence-corrected chi connectivity index (χ3v) is 1.93. The van der Waals surface area contributed by atoms with Crippen LogP contribution in [0.4, 0.5) is 0 Å². The first-order valence-electron chi connectivity index (χ1n) is 4.58. The van der Waals surface area contributed by atoms with E-state index in [9.17, 15) is 14.4 Å². The first kappa shape index (κ1) is 18.1. The zero-order valence-electron chi connectivity index (χ0n) is 9.07. The van der Waals surface area contributed by atoms with Gasteiger partial charge in [0, 0.05) is 12.2 Å². The van der Waals surface area contributed by atoms with E-state index in [1.165, 1.54) is 0 Å². The van der Waals surface area contributed by atoms with Gasteiger partial charge in [0.1, 0.15) is 12.1 Å². The maximum absolute atomic E-state index is 10.1. The second kappa shape index (κ2) is 9.87. The fraction of sp³-hybridized carbons (Fsp3) is 0.625. The second-order valence-corrected chi connectivity index (χ2v) is 3.44. The van der Waals surface area contributed by atoms with Gasteiger partial charge >= 0.3 is 11.9 Å². The van der Waals surface area contributed by atoms with Crippen LogP contribution in [0.25, 0.3) is 0 Å². The maximum atomic E-state index is 10.1. The van der Waals surface area contributed by atoms with Gasteiger partial charge in [0.2, 0.25) is 5.91 Å². The van der Waals surface area contributed by atoms with Crippen molar-refractivity contribution in [1.82, 2.24) is 0 Å². The third-order valence-electron chi connectivity index (χ3n) is 1.53. The van der Waals surface area contributed by atoms with E-state index in [1.807, 2.05) is 0 Å². The van der Waals surface area contributed by atoms with Gasteiger partial charge in [0.05, 0.1) is 0 Å². The topological polar surface area (TPSA) is 170 Å². The average molecular weight is 267 g/mol. The van der Waals surface area contributed by atoms with Crippen LogP contribution in [-0.4, -0.2) is 45.9 Å². The summed E-state index contributed by atoms with van der Waals surface area (Å²) in [7, 11) is 0. The molecule has 0 saturated heterocycles. The molecule has 0 aliphatic rings. The lowest BCUT2D eigenvalue weighted by molar-refractivity contribution is -0.139. The highest BCUT2D eigenvalue weighted by Gasteiger charge is 2.11. The Kier molecular flexibility index (Phi) is 10.5. The highest BCUT2D eigenvalue weighted by Crippen LogP contribution is 1.92. The van der Waals surface area contributed by atoms with Gasteiger partial charge in [-0.05, 0) is 6.42 Å². The van der Waals surface area contributed by atoms with Crippen LogP contribution in [0.1, 0.15) is 12.8 Å². The number of hydrogen-bond donors (Lipinski definition) is 6. The predicted molar refractivity (Wildman–Crippen MR) is 63.5 cm³/mol. The van der Waals surface area contributed by atoms with Crippen molar-refractivity contribution in [3.8, 4) is 0 Å². The molecule has 0 heterocycles. The van der Waals surface area contributed by atoms with Crippen molar-refractivity contribution in [1.29, 1.82) is 0 Å². The van der Waals surface area contributed by atoms with Crippen LogP contribution in [0, 0.1) is 0 Å². The summed E-state index contributed by atoms with van der Waals surface area (Å²) in [4.78, 5) is 29.9. The molecule has 100 valence electrons. The van der Waals surface area contributed by atoms with Crippen molar-refractivity contribution >= 4 is 30.5 Å². The fourth-order valence-electron chi connectivity index (χ4n) is 0.499. The van der Waals surface area contributed by atoms with Gasteiger partial charge in [-0.25, -0.2) is 0 Å². The number of hydrogen-bond acceptors (Lipinski definition) is 6. The van der Waals surface area contributed by atoms with Gasteiger partial charge in [0.25, 0.3) is 0 Å². The molecular weight excluding hydrogens is 250 g/mol. The number of carbonyl (C=O) groups excluding carboxylic acids is 1. The molecule has 17 heavy (non-hydrogen) atoms. The Morgan fingerprint density at radius 1 is 1.06 bits per heavy atom. The molecule has 0 rings (SSSR count). The van der Waals surface area contributed by atoms with Crippen LogP contribution >= 0.6 is 12.6 Å². The minimum Gasteiger partial charge on any atom is -0.480 e. The fourth-order valence-corrected chi connectivity index (χ4v) is 0.656. The Labute approximate surface area is 104 Å². The van der Waals surface area contributed by atoms with E-state index in [-0.39, 0.29) is 18.6 Å². The van der Waals surface area contributed by atoms with Gasteiger partial charge < -0.3 is 27.4 Å². The van der Waals surface area contributed by atoms with E-state index in [1.54, 1.807) is 0 Å². The standard InChI is InChI=1S/C5H10N2O3.C3H7NO2S/c6-3(5(9)10)1-2-4(7)8;4-2(1-7)3(5)6/h3H,1-2,6H2,(H2,7,8)(H,9,10);2,7H,1,4H2,(H,5,6). The molecule has 0 saturated carbocycles. The van der Waals surface area contributed by atoms with E-state index in [4.69, 9.17) is 27.4 Å².